The largest absolute Gasteiger partial charge is 0.508 e. The van der Waals surface area contributed by atoms with Crippen LogP contribution in [0.4, 0.5) is 0 Å². The van der Waals surface area contributed by atoms with E-state index in [0.717, 1.165) is 84.9 Å². The van der Waals surface area contributed by atoms with E-state index in [1.165, 1.54) is 0 Å². The van der Waals surface area contributed by atoms with Gasteiger partial charge in [0.1, 0.15) is 5.75 Å². The molecule has 12 heteroatoms. The van der Waals surface area contributed by atoms with Crippen LogP contribution in [0.15, 0.2) is 72.9 Å². The lowest BCUT2D eigenvalue weighted by Crippen LogP contribution is -2.22. The predicted molar refractivity (Wildman–Crippen MR) is 266 cm³/mol. The average Bonchev–Trinajstić information content (AvgIpc) is 3.89. The van der Waals surface area contributed by atoms with Crippen LogP contribution in [-0.4, -0.2) is 61.5 Å². The highest BCUT2D eigenvalue weighted by atomic mass is 33.1. The van der Waals surface area contributed by atoms with Crippen LogP contribution < -0.4 is 16.2 Å². The molecule has 7 rings (SSSR count). The summed E-state index contributed by atoms with van der Waals surface area (Å²) >= 11 is 0. The summed E-state index contributed by atoms with van der Waals surface area (Å²) in [6, 6.07) is 16.4. The number of unbranched alkanes of at least 4 members (excludes halogenated alkanes) is 2. The predicted octanol–water partition coefficient (Wildman–Crippen LogP) is 9.73. The molecule has 10 nitrogen and oxygen atoms in total. The first-order chi connectivity index (χ1) is 31.8. The maximum atomic E-state index is 14.2. The third kappa shape index (κ3) is 12.7. The molecule has 1 aliphatic heterocycles. The number of nitrogens with one attached hydrogen (secondary N) is 1. The van der Waals surface area contributed by atoms with Gasteiger partial charge < -0.3 is 41.6 Å². The Morgan fingerprint density at radius 2 is 1.74 bits per heavy atom. The fraction of sp³-hybridized carbons (Fsp3) is 0.481. The molecule has 0 saturated heterocycles. The van der Waals surface area contributed by atoms with Crippen LogP contribution in [0.1, 0.15) is 152 Å². The topological polar surface area (TPSA) is 192 Å². The molecule has 1 saturated carbocycles. The lowest BCUT2D eigenvalue weighted by Gasteiger charge is -2.29. The zero-order valence-electron chi connectivity index (χ0n) is 38.4. The van der Waals surface area contributed by atoms with Crippen molar-refractivity contribution >= 4 is 33.2 Å². The number of hydrogen-bond donors (Lipinski definition) is 7. The minimum atomic E-state index is -0.789. The highest BCUT2D eigenvalue weighted by Gasteiger charge is 2.43. The van der Waals surface area contributed by atoms with Gasteiger partial charge in [-0.1, -0.05) is 96.4 Å². The Morgan fingerprint density at radius 3 is 2.53 bits per heavy atom. The number of aryl methyl sites for hydroxylation is 1. The van der Waals surface area contributed by atoms with Crippen molar-refractivity contribution in [2.24, 2.45) is 28.7 Å². The van der Waals surface area contributed by atoms with E-state index >= 15 is 0 Å². The summed E-state index contributed by atoms with van der Waals surface area (Å²) in [4.78, 5) is 30.9. The second kappa shape index (κ2) is 23.0. The fourth-order valence-corrected chi connectivity index (χ4v) is 12.7. The van der Waals surface area contributed by atoms with Crippen molar-refractivity contribution in [3.8, 4) is 29.1 Å². The van der Waals surface area contributed by atoms with Crippen LogP contribution in [0.25, 0.3) is 0 Å². The number of hydrogen-bond acceptors (Lipinski definition) is 11. The van der Waals surface area contributed by atoms with Gasteiger partial charge in [-0.05, 0) is 127 Å². The second-order valence-corrected chi connectivity index (χ2v) is 21.4. The minimum Gasteiger partial charge on any atom is -0.508 e. The van der Waals surface area contributed by atoms with Gasteiger partial charge in [0.15, 0.2) is 23.1 Å². The highest BCUT2D eigenvalue weighted by Crippen LogP contribution is 2.50. The van der Waals surface area contributed by atoms with E-state index in [2.05, 4.69) is 35.9 Å². The van der Waals surface area contributed by atoms with Gasteiger partial charge in [-0.3, -0.25) is 9.59 Å². The number of aromatic nitrogens is 1. The molecular weight excluding hydrogens is 867 g/mol. The Morgan fingerprint density at radius 1 is 0.939 bits per heavy atom. The van der Waals surface area contributed by atoms with Crippen molar-refractivity contribution < 1.29 is 34.8 Å². The molecule has 3 aromatic carbocycles. The number of allylic oxidation sites excluding steroid dienone is 2. The number of carbonyl (C=O) groups is 2. The Kier molecular flexibility index (Phi) is 17.2. The van der Waals surface area contributed by atoms with Crippen LogP contribution >= 0.6 is 21.6 Å². The summed E-state index contributed by atoms with van der Waals surface area (Å²) < 4.78 is 6.15. The molecule has 66 heavy (non-hydrogen) atoms. The molecule has 2 heterocycles. The van der Waals surface area contributed by atoms with Crippen molar-refractivity contribution in [3.63, 3.8) is 0 Å². The molecule has 2 aliphatic carbocycles. The number of Topliss-reactive ketones (excluding diaryl/α,β-unsaturated/α-hetero) is 1. The Balaban J connectivity index is 1.24. The molecule has 352 valence electrons. The number of aliphatic hydroxyl groups excluding tert-OH is 2. The van der Waals surface area contributed by atoms with Crippen molar-refractivity contribution in [1.82, 2.24) is 4.98 Å². The highest BCUT2D eigenvalue weighted by molar-refractivity contribution is 8.76. The first-order valence-electron chi connectivity index (χ1n) is 23.8. The van der Waals surface area contributed by atoms with Gasteiger partial charge in [-0.2, -0.15) is 0 Å². The zero-order valence-corrected chi connectivity index (χ0v) is 40.0. The van der Waals surface area contributed by atoms with Crippen molar-refractivity contribution in [2.45, 2.75) is 134 Å². The summed E-state index contributed by atoms with van der Waals surface area (Å²) in [6.45, 7) is 4.29. The molecule has 1 fully saturated rings. The van der Waals surface area contributed by atoms with Gasteiger partial charge in [0.2, 0.25) is 0 Å². The summed E-state index contributed by atoms with van der Waals surface area (Å²) in [5.41, 5.74) is 19.4. The van der Waals surface area contributed by atoms with Gasteiger partial charge in [0, 0.05) is 65.3 Å². The van der Waals surface area contributed by atoms with E-state index in [9.17, 15) is 30.0 Å². The zero-order chi connectivity index (χ0) is 46.8. The molecule has 6 atom stereocenters. The maximum absolute atomic E-state index is 14.2. The Bertz CT molecular complexity index is 2420. The quantitative estimate of drug-likeness (QED) is 0.0347. The van der Waals surface area contributed by atoms with Crippen LogP contribution in [0.2, 0.25) is 0 Å². The van der Waals surface area contributed by atoms with Gasteiger partial charge >= 0.3 is 0 Å². The first kappa shape index (κ1) is 49.4. The summed E-state index contributed by atoms with van der Waals surface area (Å²) in [7, 11) is 3.37. The standard InChI is InChI=1S/C54H67N3O7S2/c1-3-4-5-7-35(24-34(2)58)16-20-54-21-17-41(59)13-10-36-12-15-49(61)52(26-36)64-23-19-37-11-14-48(60)46(25-37)45-29-50(62)42-18-22-57-47(42)9-6-8-38-27-44(53(55)56)39(28-43(38)45)32-65-66-33-40(30-54)51(63)31-54/h11-12,14-15,17-18,21-22,25-28,34-35,40,45,51,53,57-58,60-61,63H,3-5,7,9-10,13,16,19-20,23-24,29-33,55-56H2,1-2H3/b21-17+/t34-,35+,40-,45-,51+,54+/m0/s1. The number of H-pyrrole nitrogens is 1. The van der Waals surface area contributed by atoms with Crippen LogP contribution in [-0.2, 0) is 29.8 Å². The number of fused-ring (bicyclic) bond motifs is 9. The van der Waals surface area contributed by atoms with E-state index in [4.69, 9.17) is 16.2 Å². The Hall–Kier alpha value is -4.48. The third-order valence-corrected chi connectivity index (χ3v) is 16.3. The van der Waals surface area contributed by atoms with Gasteiger partial charge in [-0.25, -0.2) is 0 Å². The summed E-state index contributed by atoms with van der Waals surface area (Å²) in [6.07, 6.45) is 13.7. The number of benzene rings is 3. The molecule has 0 radical (unpaired) electrons. The number of ether oxygens (including phenoxy) is 1. The Labute approximate surface area is 398 Å². The lowest BCUT2D eigenvalue weighted by atomic mass is 9.76. The third-order valence-electron chi connectivity index (χ3n) is 13.8. The minimum absolute atomic E-state index is 0.000778. The van der Waals surface area contributed by atoms with E-state index in [1.807, 2.05) is 31.2 Å². The molecule has 1 aromatic heterocycles. The lowest BCUT2D eigenvalue weighted by molar-refractivity contribution is -0.114. The fourth-order valence-electron chi connectivity index (χ4n) is 10.2. The van der Waals surface area contributed by atoms with Crippen molar-refractivity contribution in [1.29, 1.82) is 0 Å². The number of ketones is 2. The SMILES string of the molecule is CCCCC[C@H](CC[C@@]12/C=C/C(=O)CCc3ccc(O)c(c3)OCCc3ccc(O)c(c3)[C@H]3CC(=O)c4cc[nH]c4CC#Cc4cc(C(N)N)c(cc43)CSSC[C@H](C1)[C@H](O)C2)C[C@H](C)O. The van der Waals surface area contributed by atoms with Crippen molar-refractivity contribution in [2.75, 3.05) is 12.4 Å². The molecule has 0 amide bonds. The number of aromatic amines is 1. The second-order valence-electron chi connectivity index (χ2n) is 18.9. The maximum Gasteiger partial charge on any atom is 0.165 e. The van der Waals surface area contributed by atoms with E-state index < -0.39 is 24.3 Å². The molecule has 0 unspecified atom stereocenters. The number of aromatic hydroxyl groups is 2. The first-order valence-corrected chi connectivity index (χ1v) is 26.3. The smallest absolute Gasteiger partial charge is 0.165 e. The summed E-state index contributed by atoms with van der Waals surface area (Å²) in [5.74, 6) is 8.01. The average molecular weight is 934 g/mol. The molecular formula is C54H67N3O7S2. The van der Waals surface area contributed by atoms with Gasteiger partial charge in [0.05, 0.1) is 31.4 Å². The molecule has 8 bridgehead atoms. The van der Waals surface area contributed by atoms with Gasteiger partial charge in [-0.15, -0.1) is 0 Å². The number of carbonyl (C=O) groups excluding carboxylic acids is 2. The van der Waals surface area contributed by atoms with Crippen LogP contribution in [0.3, 0.4) is 0 Å². The number of phenolic OH excluding ortho intramolecular Hbond substituents is 2. The number of rotatable bonds is 10. The monoisotopic (exact) mass is 933 g/mol. The number of nitrogens with two attached hydrogens (primary N) is 2. The van der Waals surface area contributed by atoms with E-state index in [0.29, 0.717) is 65.5 Å². The number of phenols is 2. The van der Waals surface area contributed by atoms with Crippen molar-refractivity contribution in [3.05, 3.63) is 123 Å². The van der Waals surface area contributed by atoms with E-state index in [1.54, 1.807) is 58.1 Å². The van der Waals surface area contributed by atoms with E-state index in [-0.39, 0.29) is 53.8 Å². The van der Waals surface area contributed by atoms with Crippen LogP contribution in [0, 0.1) is 29.1 Å². The summed E-state index contributed by atoms with van der Waals surface area (Å²) in [5, 5.41) is 44.5. The number of aliphatic hydroxyl groups is 2. The molecule has 9 N–H and O–H groups in total. The molecule has 3 aliphatic rings. The van der Waals surface area contributed by atoms with Crippen LogP contribution in [0.5, 0.6) is 17.2 Å². The molecule has 4 aromatic rings. The normalized spacial score (nSPS) is 23.0. The van der Waals surface area contributed by atoms with Gasteiger partial charge in [0.25, 0.3) is 0 Å². The molecule has 0 spiro atoms.